The first-order chi connectivity index (χ1) is 7.44. The van der Waals surface area contributed by atoms with Gasteiger partial charge in [0, 0.05) is 13.7 Å². The molecule has 2 aliphatic rings. The molecular weight excluding hydrogens is 206 g/mol. The first kappa shape index (κ1) is 11.9. The average molecular weight is 227 g/mol. The molecule has 2 fully saturated rings. The molecule has 0 aromatic rings. The van der Waals surface area contributed by atoms with Crippen molar-refractivity contribution in [1.82, 2.24) is 4.90 Å². The number of carbonyl (C=O) groups excluding carboxylic acids is 1. The standard InChI is InChI=1S/C12H21NO3/c1-12(2,3)16-9-5-6-13-10(9)8(7-15-4)11(13)14/h8-10H,5-7H2,1-4H3/t8-,9+,10-/m1/s1. The Morgan fingerprint density at radius 1 is 1.44 bits per heavy atom. The average Bonchev–Trinajstić information content (AvgIpc) is 2.51. The summed E-state index contributed by atoms with van der Waals surface area (Å²) in [6.45, 7) is 7.53. The van der Waals surface area contributed by atoms with E-state index >= 15 is 0 Å². The van der Waals surface area contributed by atoms with E-state index in [1.807, 2.05) is 4.90 Å². The first-order valence-electron chi connectivity index (χ1n) is 5.91. The Kier molecular flexibility index (Phi) is 2.97. The minimum Gasteiger partial charge on any atom is -0.384 e. The Morgan fingerprint density at radius 2 is 2.12 bits per heavy atom. The molecule has 1 amide bonds. The minimum absolute atomic E-state index is 0.0137. The van der Waals surface area contributed by atoms with E-state index in [-0.39, 0.29) is 29.6 Å². The van der Waals surface area contributed by atoms with Crippen LogP contribution in [0.25, 0.3) is 0 Å². The molecule has 0 aliphatic carbocycles. The highest BCUT2D eigenvalue weighted by atomic mass is 16.5. The number of hydrogen-bond donors (Lipinski definition) is 0. The molecule has 0 aromatic carbocycles. The lowest BCUT2D eigenvalue weighted by Gasteiger charge is -2.45. The van der Waals surface area contributed by atoms with E-state index in [2.05, 4.69) is 20.8 Å². The van der Waals surface area contributed by atoms with E-state index in [9.17, 15) is 4.79 Å². The van der Waals surface area contributed by atoms with Gasteiger partial charge in [-0.15, -0.1) is 0 Å². The number of ether oxygens (including phenoxy) is 2. The van der Waals surface area contributed by atoms with Crippen LogP contribution in [0.2, 0.25) is 0 Å². The van der Waals surface area contributed by atoms with Gasteiger partial charge in [0.2, 0.25) is 5.91 Å². The quantitative estimate of drug-likeness (QED) is 0.676. The predicted molar refractivity (Wildman–Crippen MR) is 60.1 cm³/mol. The maximum absolute atomic E-state index is 11.7. The van der Waals surface area contributed by atoms with Crippen molar-refractivity contribution in [3.8, 4) is 0 Å². The van der Waals surface area contributed by atoms with Gasteiger partial charge in [-0.2, -0.15) is 0 Å². The maximum atomic E-state index is 11.7. The highest BCUT2D eigenvalue weighted by molar-refractivity contribution is 5.87. The Hall–Kier alpha value is -0.610. The van der Waals surface area contributed by atoms with Crippen LogP contribution in [-0.4, -0.2) is 48.8 Å². The van der Waals surface area contributed by atoms with Crippen molar-refractivity contribution in [3.05, 3.63) is 0 Å². The van der Waals surface area contributed by atoms with Crippen LogP contribution >= 0.6 is 0 Å². The molecule has 0 aromatic heterocycles. The summed E-state index contributed by atoms with van der Waals surface area (Å²) in [5, 5.41) is 0. The van der Waals surface area contributed by atoms with Gasteiger partial charge in [0.05, 0.1) is 30.3 Å². The van der Waals surface area contributed by atoms with Gasteiger partial charge in [-0.3, -0.25) is 4.79 Å². The monoisotopic (exact) mass is 227 g/mol. The third-order valence-corrected chi connectivity index (χ3v) is 3.26. The third kappa shape index (κ3) is 1.96. The minimum atomic E-state index is -0.142. The normalized spacial score (nSPS) is 33.9. The lowest BCUT2D eigenvalue weighted by molar-refractivity contribution is -0.167. The second kappa shape index (κ2) is 4.00. The van der Waals surface area contributed by atoms with Gasteiger partial charge in [-0.1, -0.05) is 0 Å². The van der Waals surface area contributed by atoms with Gasteiger partial charge in [-0.05, 0) is 27.2 Å². The summed E-state index contributed by atoms with van der Waals surface area (Å²) < 4.78 is 11.1. The maximum Gasteiger partial charge on any atom is 0.230 e. The zero-order valence-corrected chi connectivity index (χ0v) is 10.5. The largest absolute Gasteiger partial charge is 0.384 e. The smallest absolute Gasteiger partial charge is 0.230 e. The summed E-state index contributed by atoms with van der Waals surface area (Å²) in [6, 6.07) is 0.242. The van der Waals surface area contributed by atoms with E-state index in [4.69, 9.17) is 9.47 Å². The highest BCUT2D eigenvalue weighted by Crippen LogP contribution is 2.38. The summed E-state index contributed by atoms with van der Waals surface area (Å²) in [5.41, 5.74) is -0.142. The van der Waals surface area contributed by atoms with Crippen LogP contribution in [0.4, 0.5) is 0 Å². The van der Waals surface area contributed by atoms with Crippen LogP contribution in [-0.2, 0) is 14.3 Å². The molecule has 4 heteroatoms. The van der Waals surface area contributed by atoms with Crippen LogP contribution < -0.4 is 0 Å². The van der Waals surface area contributed by atoms with E-state index < -0.39 is 0 Å². The molecule has 0 N–H and O–H groups in total. The summed E-state index contributed by atoms with van der Waals surface area (Å²) in [5.74, 6) is 0.242. The van der Waals surface area contributed by atoms with Gasteiger partial charge in [0.25, 0.3) is 0 Å². The molecule has 4 nitrogen and oxygen atoms in total. The number of fused-ring (bicyclic) bond motifs is 1. The van der Waals surface area contributed by atoms with Crippen molar-refractivity contribution < 1.29 is 14.3 Å². The summed E-state index contributed by atoms with van der Waals surface area (Å²) in [7, 11) is 1.64. The molecule has 92 valence electrons. The molecule has 2 rings (SSSR count). The third-order valence-electron chi connectivity index (χ3n) is 3.26. The molecular formula is C12H21NO3. The topological polar surface area (TPSA) is 38.8 Å². The fourth-order valence-corrected chi connectivity index (χ4v) is 2.73. The van der Waals surface area contributed by atoms with Crippen LogP contribution in [0.5, 0.6) is 0 Å². The fourth-order valence-electron chi connectivity index (χ4n) is 2.73. The lowest BCUT2D eigenvalue weighted by Crippen LogP contribution is -2.62. The van der Waals surface area contributed by atoms with E-state index in [1.54, 1.807) is 7.11 Å². The van der Waals surface area contributed by atoms with Crippen molar-refractivity contribution in [1.29, 1.82) is 0 Å². The molecule has 16 heavy (non-hydrogen) atoms. The van der Waals surface area contributed by atoms with Crippen molar-refractivity contribution in [2.45, 2.75) is 44.9 Å². The van der Waals surface area contributed by atoms with Gasteiger partial charge < -0.3 is 14.4 Å². The summed E-state index contributed by atoms with van der Waals surface area (Å²) in [4.78, 5) is 13.7. The summed E-state index contributed by atoms with van der Waals surface area (Å²) >= 11 is 0. The van der Waals surface area contributed by atoms with Gasteiger partial charge >= 0.3 is 0 Å². The number of amides is 1. The van der Waals surface area contributed by atoms with E-state index in [1.165, 1.54) is 0 Å². The molecule has 3 atom stereocenters. The van der Waals surface area contributed by atoms with Gasteiger partial charge in [-0.25, -0.2) is 0 Å². The second-order valence-electron chi connectivity index (χ2n) is 5.64. The molecule has 0 saturated carbocycles. The Morgan fingerprint density at radius 3 is 2.69 bits per heavy atom. The molecule has 0 bridgehead atoms. The van der Waals surface area contributed by atoms with Crippen molar-refractivity contribution >= 4 is 5.91 Å². The Labute approximate surface area is 96.9 Å². The number of nitrogens with zero attached hydrogens (tertiary/aromatic N) is 1. The molecule has 2 aliphatic heterocycles. The Balaban J connectivity index is 2.00. The van der Waals surface area contributed by atoms with Crippen LogP contribution in [0.3, 0.4) is 0 Å². The van der Waals surface area contributed by atoms with Crippen LogP contribution in [0.1, 0.15) is 27.2 Å². The van der Waals surface area contributed by atoms with Gasteiger partial charge in [0.15, 0.2) is 0 Å². The number of carbonyl (C=O) groups is 1. The molecule has 2 heterocycles. The van der Waals surface area contributed by atoms with Crippen molar-refractivity contribution in [2.24, 2.45) is 5.92 Å². The van der Waals surface area contributed by atoms with Crippen LogP contribution in [0.15, 0.2) is 0 Å². The molecule has 0 unspecified atom stereocenters. The number of methoxy groups -OCH3 is 1. The fraction of sp³-hybridized carbons (Fsp3) is 0.917. The Bertz CT molecular complexity index is 284. The number of β-lactam (4-membered cyclic amide) rings is 1. The highest BCUT2D eigenvalue weighted by Gasteiger charge is 2.55. The van der Waals surface area contributed by atoms with E-state index in [0.29, 0.717) is 6.61 Å². The van der Waals surface area contributed by atoms with Crippen LogP contribution in [0, 0.1) is 5.92 Å². The molecule has 2 saturated heterocycles. The zero-order chi connectivity index (χ0) is 11.9. The number of rotatable bonds is 3. The van der Waals surface area contributed by atoms with Gasteiger partial charge in [0.1, 0.15) is 0 Å². The summed E-state index contributed by atoms with van der Waals surface area (Å²) in [6.07, 6.45) is 1.13. The number of hydrogen-bond acceptors (Lipinski definition) is 3. The van der Waals surface area contributed by atoms with Crippen molar-refractivity contribution in [2.75, 3.05) is 20.3 Å². The molecule has 0 radical (unpaired) electrons. The zero-order valence-electron chi connectivity index (χ0n) is 10.5. The van der Waals surface area contributed by atoms with E-state index in [0.717, 1.165) is 13.0 Å². The second-order valence-corrected chi connectivity index (χ2v) is 5.64. The van der Waals surface area contributed by atoms with Crippen molar-refractivity contribution in [3.63, 3.8) is 0 Å². The SMILES string of the molecule is COC[C@H]1C(=O)N2CC[C@H](OC(C)(C)C)[C@@H]12. The predicted octanol–water partition coefficient (Wildman–Crippen LogP) is 1.05. The first-order valence-corrected chi connectivity index (χ1v) is 5.91. The molecule has 0 spiro atoms. The lowest BCUT2D eigenvalue weighted by atomic mass is 9.87.